The standard InChI is InChI=1S/C9H17O5P/c1-3-5-7(8(11)12)9(6-10,15-13)14-4-2/h7,10H,3-6H2,1-2H3,(H,11,12). The van der Waals surface area contributed by atoms with Crippen molar-refractivity contribution >= 4 is 14.4 Å². The predicted molar refractivity (Wildman–Crippen MR) is 55.1 cm³/mol. The Morgan fingerprint density at radius 2 is 2.13 bits per heavy atom. The number of ether oxygens (including phenoxy) is 1. The minimum Gasteiger partial charge on any atom is -0.481 e. The van der Waals surface area contributed by atoms with Crippen molar-refractivity contribution in [1.82, 2.24) is 0 Å². The zero-order valence-electron chi connectivity index (χ0n) is 8.97. The van der Waals surface area contributed by atoms with Crippen molar-refractivity contribution < 1.29 is 24.3 Å². The van der Waals surface area contributed by atoms with E-state index in [-0.39, 0.29) is 6.61 Å². The van der Waals surface area contributed by atoms with Crippen molar-refractivity contribution in [3.63, 3.8) is 0 Å². The Bertz CT molecular complexity index is 221. The fraction of sp³-hybridized carbons (Fsp3) is 0.889. The summed E-state index contributed by atoms with van der Waals surface area (Å²) >= 11 is 0. The van der Waals surface area contributed by atoms with Crippen molar-refractivity contribution in [2.75, 3.05) is 13.2 Å². The third-order valence-electron chi connectivity index (χ3n) is 2.20. The van der Waals surface area contributed by atoms with Crippen LogP contribution in [0.5, 0.6) is 0 Å². The molecule has 0 spiro atoms. The van der Waals surface area contributed by atoms with Crippen molar-refractivity contribution in [3.8, 4) is 0 Å². The molecule has 0 aromatic heterocycles. The van der Waals surface area contributed by atoms with Gasteiger partial charge in [0.2, 0.25) is 0 Å². The van der Waals surface area contributed by atoms with E-state index in [2.05, 4.69) is 0 Å². The number of aliphatic carboxylic acids is 1. The number of hydrogen-bond donors (Lipinski definition) is 2. The second kappa shape index (κ2) is 6.88. The Balaban J connectivity index is 4.95. The van der Waals surface area contributed by atoms with Gasteiger partial charge in [-0.1, -0.05) is 13.3 Å². The summed E-state index contributed by atoms with van der Waals surface area (Å²) < 4.78 is 16.2. The van der Waals surface area contributed by atoms with E-state index < -0.39 is 32.3 Å². The number of carboxylic acids is 1. The average molecular weight is 236 g/mol. The lowest BCUT2D eigenvalue weighted by atomic mass is 9.96. The quantitative estimate of drug-likeness (QED) is 0.624. The molecule has 2 unspecified atom stereocenters. The van der Waals surface area contributed by atoms with E-state index in [9.17, 15) is 9.36 Å². The van der Waals surface area contributed by atoms with Gasteiger partial charge in [-0.25, -0.2) is 0 Å². The lowest BCUT2D eigenvalue weighted by molar-refractivity contribution is -0.152. The fourth-order valence-corrected chi connectivity index (χ4v) is 2.06. The van der Waals surface area contributed by atoms with Crippen LogP contribution < -0.4 is 0 Å². The molecule has 0 radical (unpaired) electrons. The summed E-state index contributed by atoms with van der Waals surface area (Å²) in [6.07, 6.45) is 0.951. The topological polar surface area (TPSA) is 83.8 Å². The van der Waals surface area contributed by atoms with Gasteiger partial charge in [-0.3, -0.25) is 9.36 Å². The molecule has 5 nitrogen and oxygen atoms in total. The highest BCUT2D eigenvalue weighted by atomic mass is 31.1. The van der Waals surface area contributed by atoms with Crippen LogP contribution in [-0.2, 0) is 14.1 Å². The molecule has 6 heteroatoms. The first kappa shape index (κ1) is 14.5. The van der Waals surface area contributed by atoms with E-state index in [4.69, 9.17) is 14.9 Å². The molecular formula is C9H17O5P. The van der Waals surface area contributed by atoms with Gasteiger partial charge in [0.05, 0.1) is 12.5 Å². The second-order valence-electron chi connectivity index (χ2n) is 3.21. The third-order valence-corrected chi connectivity index (χ3v) is 3.09. The number of rotatable bonds is 8. The molecule has 15 heavy (non-hydrogen) atoms. The van der Waals surface area contributed by atoms with Crippen molar-refractivity contribution in [3.05, 3.63) is 0 Å². The summed E-state index contributed by atoms with van der Waals surface area (Å²) in [6, 6.07) is 0. The first-order valence-electron chi connectivity index (χ1n) is 4.90. The maximum Gasteiger partial charge on any atom is 0.310 e. The molecular weight excluding hydrogens is 219 g/mol. The summed E-state index contributed by atoms with van der Waals surface area (Å²) in [5, 5.41) is 16.6. The largest absolute Gasteiger partial charge is 0.481 e. The van der Waals surface area contributed by atoms with E-state index >= 15 is 0 Å². The molecule has 0 aromatic rings. The van der Waals surface area contributed by atoms with Crippen LogP contribution in [0.15, 0.2) is 0 Å². The van der Waals surface area contributed by atoms with Crippen molar-refractivity contribution in [1.29, 1.82) is 0 Å². The predicted octanol–water partition coefficient (Wildman–Crippen LogP) is 1.50. The minimum atomic E-state index is -1.50. The van der Waals surface area contributed by atoms with Gasteiger partial charge in [0.1, 0.15) is 0 Å². The summed E-state index contributed by atoms with van der Waals surface area (Å²) in [7, 11) is -0.489. The summed E-state index contributed by atoms with van der Waals surface area (Å²) in [5.74, 6) is -2.05. The molecule has 0 aliphatic rings. The Kier molecular flexibility index (Phi) is 6.65. The van der Waals surface area contributed by atoms with Crippen molar-refractivity contribution in [2.45, 2.75) is 32.0 Å². The van der Waals surface area contributed by atoms with Crippen molar-refractivity contribution in [2.24, 2.45) is 5.92 Å². The maximum absolute atomic E-state index is 11.0. The zero-order chi connectivity index (χ0) is 11.9. The fourth-order valence-electron chi connectivity index (χ4n) is 1.46. The van der Waals surface area contributed by atoms with Gasteiger partial charge in [0.25, 0.3) is 0 Å². The normalized spacial score (nSPS) is 17.3. The van der Waals surface area contributed by atoms with E-state index in [0.717, 1.165) is 0 Å². The molecule has 0 saturated heterocycles. The number of carbonyl (C=O) groups is 1. The average Bonchev–Trinajstić information content (AvgIpc) is 2.23. The number of aliphatic hydroxyl groups excluding tert-OH is 1. The molecule has 2 atom stereocenters. The van der Waals surface area contributed by atoms with Gasteiger partial charge in [0.15, 0.2) is 13.8 Å². The summed E-state index contributed by atoms with van der Waals surface area (Å²) in [6.45, 7) is 3.14. The van der Waals surface area contributed by atoms with Gasteiger partial charge in [-0.05, 0) is 13.3 Å². The van der Waals surface area contributed by atoms with Crippen LogP contribution in [0.2, 0.25) is 0 Å². The van der Waals surface area contributed by atoms with Gasteiger partial charge in [0, 0.05) is 6.61 Å². The van der Waals surface area contributed by atoms with E-state index in [1.807, 2.05) is 6.92 Å². The van der Waals surface area contributed by atoms with Gasteiger partial charge >= 0.3 is 5.97 Å². The molecule has 88 valence electrons. The van der Waals surface area contributed by atoms with Gasteiger partial charge in [-0.2, -0.15) is 0 Å². The Morgan fingerprint density at radius 3 is 2.40 bits per heavy atom. The summed E-state index contributed by atoms with van der Waals surface area (Å²) in [5.41, 5.74) is 0. The lowest BCUT2D eigenvalue weighted by Crippen LogP contribution is -2.43. The highest BCUT2D eigenvalue weighted by molar-refractivity contribution is 7.25. The molecule has 0 aliphatic heterocycles. The Hall–Kier alpha value is -0.510. The van der Waals surface area contributed by atoms with Gasteiger partial charge in [-0.15, -0.1) is 0 Å². The number of hydrogen-bond acceptors (Lipinski definition) is 4. The molecule has 0 bridgehead atoms. The molecule has 0 rings (SSSR count). The van der Waals surface area contributed by atoms with Crippen LogP contribution in [0.25, 0.3) is 0 Å². The highest BCUT2D eigenvalue weighted by Crippen LogP contribution is 2.36. The molecule has 0 fully saturated rings. The molecule has 2 N–H and O–H groups in total. The maximum atomic E-state index is 11.0. The smallest absolute Gasteiger partial charge is 0.310 e. The Labute approximate surface area is 90.6 Å². The first-order chi connectivity index (χ1) is 7.07. The first-order valence-corrected chi connectivity index (χ1v) is 5.71. The molecule has 0 aromatic carbocycles. The van der Waals surface area contributed by atoms with E-state index in [0.29, 0.717) is 12.8 Å². The Morgan fingerprint density at radius 1 is 1.53 bits per heavy atom. The lowest BCUT2D eigenvalue weighted by Gasteiger charge is -2.30. The third kappa shape index (κ3) is 3.52. The molecule has 0 amide bonds. The number of carboxylic acid groups (broad SMARTS) is 1. The molecule has 0 aliphatic carbocycles. The second-order valence-corrected chi connectivity index (χ2v) is 4.15. The minimum absolute atomic E-state index is 0.212. The number of aliphatic hydroxyl groups is 1. The van der Waals surface area contributed by atoms with Crippen LogP contribution >= 0.6 is 8.46 Å². The summed E-state index contributed by atoms with van der Waals surface area (Å²) in [4.78, 5) is 11.0. The monoisotopic (exact) mass is 236 g/mol. The van der Waals surface area contributed by atoms with Gasteiger partial charge < -0.3 is 14.9 Å². The van der Waals surface area contributed by atoms with E-state index in [1.165, 1.54) is 0 Å². The zero-order valence-corrected chi connectivity index (χ0v) is 9.87. The van der Waals surface area contributed by atoms with Crippen LogP contribution in [0.3, 0.4) is 0 Å². The van der Waals surface area contributed by atoms with E-state index in [1.54, 1.807) is 6.92 Å². The van der Waals surface area contributed by atoms with Crippen LogP contribution in [0.4, 0.5) is 0 Å². The molecule has 0 heterocycles. The molecule has 0 saturated carbocycles. The van der Waals surface area contributed by atoms with Crippen LogP contribution in [0.1, 0.15) is 26.7 Å². The van der Waals surface area contributed by atoms with Crippen LogP contribution in [0, 0.1) is 5.92 Å². The highest BCUT2D eigenvalue weighted by Gasteiger charge is 2.44. The van der Waals surface area contributed by atoms with Crippen LogP contribution in [-0.4, -0.2) is 34.7 Å². The SMILES string of the molecule is CCCC(C(=O)O)C(CO)(OCC)P=O.